The van der Waals surface area contributed by atoms with E-state index in [4.69, 9.17) is 10.5 Å². The van der Waals surface area contributed by atoms with Crippen molar-refractivity contribution >= 4 is 15.8 Å². The van der Waals surface area contributed by atoms with Gasteiger partial charge in [0.1, 0.15) is 15.9 Å². The van der Waals surface area contributed by atoms with Crippen LogP contribution >= 0.6 is 0 Å². The van der Waals surface area contributed by atoms with E-state index in [0.29, 0.717) is 5.75 Å². The van der Waals surface area contributed by atoms with Gasteiger partial charge in [-0.25, -0.2) is 8.42 Å². The maximum atomic E-state index is 10.5. The molecule has 0 bridgehead atoms. The normalized spacial score (nSPS) is 10.4. The van der Waals surface area contributed by atoms with Gasteiger partial charge in [-0.2, -0.15) is 0 Å². The zero-order valence-electron chi connectivity index (χ0n) is 7.85. The molecule has 0 unspecified atom stereocenters. The van der Waals surface area contributed by atoms with Crippen LogP contribution in [0.1, 0.15) is 0 Å². The van der Waals surface area contributed by atoms with Crippen LogP contribution in [0.5, 0.6) is 5.75 Å². The first kappa shape index (κ1) is 14.4. The fourth-order valence-electron chi connectivity index (χ4n) is 0.868. The molecular weight excluding hydrogens is 233 g/mol. The number of nitrogen functional groups attached to an aromatic ring is 1. The van der Waals surface area contributed by atoms with Crippen molar-refractivity contribution in [1.29, 1.82) is 0 Å². The fraction of sp³-hybridized carbons (Fsp3) is 0.143. The first-order valence-electron chi connectivity index (χ1n) is 3.34. The third kappa shape index (κ3) is 3.50. The molecule has 5 nitrogen and oxygen atoms in total. The Morgan fingerprint density at radius 3 is 2.36 bits per heavy atom. The van der Waals surface area contributed by atoms with Gasteiger partial charge >= 0.3 is 51.4 Å². The minimum atomic E-state index is -4.44. The SMILES string of the molecule is COc1ccc(S(=O)(=O)[O-])cc1N.[K+]. The molecule has 0 fully saturated rings. The predicted molar refractivity (Wildman–Crippen MR) is 45.4 cm³/mol. The Balaban J connectivity index is 0.00000169. The van der Waals surface area contributed by atoms with Crippen LogP contribution in [0.15, 0.2) is 23.1 Å². The molecular formula is C7H8KNO4S. The largest absolute Gasteiger partial charge is 1.00 e. The summed E-state index contributed by atoms with van der Waals surface area (Å²) in [5, 5.41) is 0. The summed E-state index contributed by atoms with van der Waals surface area (Å²) in [5.41, 5.74) is 5.52. The van der Waals surface area contributed by atoms with Crippen LogP contribution in [0, 0.1) is 0 Å². The Morgan fingerprint density at radius 2 is 2.00 bits per heavy atom. The van der Waals surface area contributed by atoms with Crippen molar-refractivity contribution in [1.82, 2.24) is 0 Å². The van der Waals surface area contributed by atoms with E-state index in [2.05, 4.69) is 0 Å². The van der Waals surface area contributed by atoms with Crippen LogP contribution in [0.3, 0.4) is 0 Å². The molecule has 2 N–H and O–H groups in total. The smallest absolute Gasteiger partial charge is 0.744 e. The quantitative estimate of drug-likeness (QED) is 0.343. The number of anilines is 1. The molecule has 0 amide bonds. The van der Waals surface area contributed by atoms with Gasteiger partial charge in [-0.1, -0.05) is 0 Å². The summed E-state index contributed by atoms with van der Waals surface area (Å²) in [7, 11) is -3.04. The molecule has 1 aromatic carbocycles. The molecule has 0 saturated heterocycles. The summed E-state index contributed by atoms with van der Waals surface area (Å²) in [6.07, 6.45) is 0. The van der Waals surface area contributed by atoms with E-state index in [1.165, 1.54) is 13.2 Å². The van der Waals surface area contributed by atoms with Crippen molar-refractivity contribution in [2.75, 3.05) is 12.8 Å². The van der Waals surface area contributed by atoms with Crippen molar-refractivity contribution in [3.05, 3.63) is 18.2 Å². The molecule has 1 aromatic rings. The minimum absolute atomic E-state index is 0. The first-order valence-corrected chi connectivity index (χ1v) is 4.75. The number of methoxy groups -OCH3 is 1. The van der Waals surface area contributed by atoms with E-state index in [-0.39, 0.29) is 62.0 Å². The van der Waals surface area contributed by atoms with Crippen LogP contribution in [0.25, 0.3) is 0 Å². The van der Waals surface area contributed by atoms with Gasteiger partial charge in [-0.3, -0.25) is 0 Å². The number of hydrogen-bond acceptors (Lipinski definition) is 5. The van der Waals surface area contributed by atoms with E-state index in [9.17, 15) is 13.0 Å². The Kier molecular flexibility index (Phi) is 5.59. The molecule has 7 heteroatoms. The van der Waals surface area contributed by atoms with Crippen molar-refractivity contribution in [2.24, 2.45) is 0 Å². The zero-order valence-corrected chi connectivity index (χ0v) is 11.8. The van der Waals surface area contributed by atoms with Crippen molar-refractivity contribution < 1.29 is 69.1 Å². The van der Waals surface area contributed by atoms with E-state index in [1.54, 1.807) is 0 Å². The second kappa shape index (κ2) is 5.45. The zero-order chi connectivity index (χ0) is 10.1. The van der Waals surface area contributed by atoms with Crippen LogP contribution in [-0.2, 0) is 10.1 Å². The molecule has 0 spiro atoms. The molecule has 14 heavy (non-hydrogen) atoms. The van der Waals surface area contributed by atoms with Crippen molar-refractivity contribution in [3.8, 4) is 5.75 Å². The summed E-state index contributed by atoms with van der Waals surface area (Å²) in [4.78, 5) is -0.356. The maximum absolute atomic E-state index is 10.5. The minimum Gasteiger partial charge on any atom is -0.744 e. The molecule has 0 radical (unpaired) electrons. The van der Waals surface area contributed by atoms with Gasteiger partial charge in [-0.15, -0.1) is 0 Å². The first-order chi connectivity index (χ1) is 5.95. The van der Waals surface area contributed by atoms with Crippen LogP contribution in [0.4, 0.5) is 5.69 Å². The number of nitrogens with two attached hydrogens (primary N) is 1. The van der Waals surface area contributed by atoms with Crippen LogP contribution in [0.2, 0.25) is 0 Å². The summed E-state index contributed by atoms with van der Waals surface area (Å²) in [6.45, 7) is 0. The van der Waals surface area contributed by atoms with Gasteiger partial charge in [0.05, 0.1) is 17.7 Å². The summed E-state index contributed by atoms with van der Waals surface area (Å²) in [6, 6.07) is 3.55. The Bertz CT molecular complexity index is 418. The van der Waals surface area contributed by atoms with Crippen molar-refractivity contribution in [3.63, 3.8) is 0 Å². The average Bonchev–Trinajstić information content (AvgIpc) is 2.02. The second-order valence-corrected chi connectivity index (χ2v) is 3.74. The standard InChI is InChI=1S/C7H9NO4S.K/c1-12-7-3-2-5(4-6(7)8)13(9,10)11;/h2-4H,8H2,1H3,(H,9,10,11);/q;+1/p-1. The van der Waals surface area contributed by atoms with Gasteiger partial charge in [0.2, 0.25) is 0 Å². The van der Waals surface area contributed by atoms with E-state index < -0.39 is 10.1 Å². The fourth-order valence-corrected chi connectivity index (χ4v) is 1.37. The molecule has 0 aliphatic carbocycles. The number of rotatable bonds is 2. The van der Waals surface area contributed by atoms with E-state index in [0.717, 1.165) is 12.1 Å². The molecule has 0 atom stereocenters. The molecule has 0 aliphatic rings. The van der Waals surface area contributed by atoms with Gasteiger partial charge < -0.3 is 15.0 Å². The number of hydrogen-bond donors (Lipinski definition) is 1. The number of benzene rings is 1. The summed E-state index contributed by atoms with van der Waals surface area (Å²) in [5.74, 6) is 0.340. The monoisotopic (exact) mass is 241 g/mol. The summed E-state index contributed by atoms with van der Waals surface area (Å²) < 4.78 is 36.4. The Labute approximate surface area is 125 Å². The van der Waals surface area contributed by atoms with Gasteiger partial charge in [-0.05, 0) is 18.2 Å². The number of ether oxygens (including phenoxy) is 1. The summed E-state index contributed by atoms with van der Waals surface area (Å²) >= 11 is 0. The van der Waals surface area contributed by atoms with Crippen molar-refractivity contribution in [2.45, 2.75) is 4.90 Å². The van der Waals surface area contributed by atoms with Gasteiger partial charge in [0, 0.05) is 0 Å². The van der Waals surface area contributed by atoms with Crippen LogP contribution < -0.4 is 61.9 Å². The Morgan fingerprint density at radius 1 is 1.43 bits per heavy atom. The topological polar surface area (TPSA) is 92.5 Å². The average molecular weight is 241 g/mol. The van der Waals surface area contributed by atoms with Gasteiger partial charge in [0.15, 0.2) is 0 Å². The maximum Gasteiger partial charge on any atom is 1.00 e. The van der Waals surface area contributed by atoms with Crippen LogP contribution in [-0.4, -0.2) is 20.1 Å². The second-order valence-electron chi connectivity index (χ2n) is 2.36. The predicted octanol–water partition coefficient (Wildman–Crippen LogP) is -2.81. The molecule has 0 heterocycles. The Hall–Kier alpha value is 0.366. The molecule has 72 valence electrons. The van der Waals surface area contributed by atoms with Gasteiger partial charge in [0.25, 0.3) is 0 Å². The molecule has 0 aromatic heterocycles. The molecule has 1 rings (SSSR count). The van der Waals surface area contributed by atoms with E-state index in [1.807, 2.05) is 0 Å². The third-order valence-electron chi connectivity index (χ3n) is 1.49. The molecule has 0 aliphatic heterocycles. The molecule has 0 saturated carbocycles. The van der Waals surface area contributed by atoms with E-state index >= 15 is 0 Å². The third-order valence-corrected chi connectivity index (χ3v) is 2.32.